The normalized spacial score (nSPS) is 10.8. The average molecular weight is 267 g/mol. The van der Waals surface area contributed by atoms with Crippen LogP contribution >= 0.6 is 11.6 Å². The highest BCUT2D eigenvalue weighted by Crippen LogP contribution is 2.20. The van der Waals surface area contributed by atoms with E-state index in [1.807, 2.05) is 6.07 Å². The molecule has 0 bridgehead atoms. The Kier molecular flexibility index (Phi) is 7.19. The molecule has 0 heterocycles. The first-order valence-corrected chi connectivity index (χ1v) is 6.70. The third-order valence-electron chi connectivity index (χ3n) is 2.49. The molecule has 0 spiro atoms. The minimum Gasteiger partial charge on any atom is -0.493 e. The van der Waals surface area contributed by atoms with Gasteiger partial charge in [-0.25, -0.2) is 0 Å². The van der Waals surface area contributed by atoms with Crippen LogP contribution in [0.15, 0.2) is 36.4 Å². The molecular weight excluding hydrogens is 248 g/mol. The van der Waals surface area contributed by atoms with Gasteiger partial charge in [0.25, 0.3) is 5.24 Å². The molecule has 0 aliphatic rings. The Morgan fingerprint density at radius 1 is 1.28 bits per heavy atom. The molecule has 0 saturated heterocycles. The zero-order valence-electron chi connectivity index (χ0n) is 10.7. The van der Waals surface area contributed by atoms with Crippen molar-refractivity contribution in [1.82, 2.24) is 0 Å². The lowest BCUT2D eigenvalue weighted by Crippen LogP contribution is -2.01. The monoisotopic (exact) mass is 266 g/mol. The number of benzene rings is 1. The van der Waals surface area contributed by atoms with Gasteiger partial charge >= 0.3 is 0 Å². The molecule has 0 radical (unpaired) electrons. The van der Waals surface area contributed by atoms with E-state index >= 15 is 0 Å². The second kappa shape index (κ2) is 8.76. The smallest absolute Gasteiger partial charge is 0.256 e. The van der Waals surface area contributed by atoms with Crippen LogP contribution in [0.2, 0.25) is 0 Å². The van der Waals surface area contributed by atoms with E-state index in [0.29, 0.717) is 17.9 Å². The van der Waals surface area contributed by atoms with Crippen LogP contribution < -0.4 is 4.74 Å². The second-order valence-corrected chi connectivity index (χ2v) is 4.36. The third-order valence-corrected chi connectivity index (χ3v) is 2.70. The summed E-state index contributed by atoms with van der Waals surface area (Å²) in [4.78, 5) is 11.1. The van der Waals surface area contributed by atoms with Crippen molar-refractivity contribution in [3.05, 3.63) is 42.0 Å². The van der Waals surface area contributed by atoms with Crippen molar-refractivity contribution in [3.63, 3.8) is 0 Å². The molecule has 0 aliphatic heterocycles. The molecule has 0 atom stereocenters. The van der Waals surface area contributed by atoms with Crippen LogP contribution in [-0.4, -0.2) is 11.8 Å². The molecule has 0 amide bonds. The summed E-state index contributed by atoms with van der Waals surface area (Å²) in [5.41, 5.74) is 0.431. The van der Waals surface area contributed by atoms with Gasteiger partial charge in [-0.3, -0.25) is 4.79 Å². The van der Waals surface area contributed by atoms with Crippen molar-refractivity contribution in [1.29, 1.82) is 0 Å². The Hall–Kier alpha value is -1.28. The van der Waals surface area contributed by atoms with E-state index in [2.05, 4.69) is 19.1 Å². The number of carbonyl (C=O) groups is 1. The summed E-state index contributed by atoms with van der Waals surface area (Å²) in [6.07, 6.45) is 8.60. The maximum atomic E-state index is 11.1. The van der Waals surface area contributed by atoms with E-state index in [1.54, 1.807) is 18.2 Å². The number of allylic oxidation sites excluding steroid dienone is 2. The molecule has 3 heteroatoms. The Labute approximate surface area is 114 Å². The fraction of sp³-hybridized carbons (Fsp3) is 0.400. The van der Waals surface area contributed by atoms with Crippen molar-refractivity contribution in [3.8, 4) is 5.75 Å². The highest BCUT2D eigenvalue weighted by Gasteiger charge is 2.08. The number of halogens is 1. The maximum absolute atomic E-state index is 11.1. The van der Waals surface area contributed by atoms with Gasteiger partial charge in [0, 0.05) is 0 Å². The Morgan fingerprint density at radius 3 is 2.72 bits per heavy atom. The topological polar surface area (TPSA) is 26.3 Å². The van der Waals surface area contributed by atoms with Gasteiger partial charge in [0.05, 0.1) is 12.2 Å². The minimum atomic E-state index is -0.478. The highest BCUT2D eigenvalue weighted by atomic mass is 35.5. The van der Waals surface area contributed by atoms with Crippen LogP contribution in [0.4, 0.5) is 0 Å². The van der Waals surface area contributed by atoms with Crippen LogP contribution in [0.5, 0.6) is 5.75 Å². The molecule has 0 unspecified atom stereocenters. The Balaban J connectivity index is 2.33. The molecule has 98 valence electrons. The molecule has 1 aromatic rings. The minimum absolute atomic E-state index is 0.431. The molecule has 0 saturated carbocycles. The average Bonchev–Trinajstić information content (AvgIpc) is 2.38. The zero-order valence-corrected chi connectivity index (χ0v) is 11.5. The molecule has 0 fully saturated rings. The summed E-state index contributed by atoms with van der Waals surface area (Å²) in [5, 5.41) is -0.478. The van der Waals surface area contributed by atoms with E-state index in [4.69, 9.17) is 16.3 Å². The predicted molar refractivity (Wildman–Crippen MR) is 75.4 cm³/mol. The first kappa shape index (κ1) is 14.8. The van der Waals surface area contributed by atoms with Crippen molar-refractivity contribution >= 4 is 16.8 Å². The molecule has 1 rings (SSSR count). The first-order valence-electron chi connectivity index (χ1n) is 6.32. The maximum Gasteiger partial charge on any atom is 0.256 e. The van der Waals surface area contributed by atoms with E-state index in [0.717, 1.165) is 19.3 Å². The van der Waals surface area contributed by atoms with Gasteiger partial charge in [-0.1, -0.05) is 37.6 Å². The fourth-order valence-electron chi connectivity index (χ4n) is 1.54. The quantitative estimate of drug-likeness (QED) is 0.391. The standard InChI is InChI=1S/C15H19ClO2/c1-2-3-4-5-6-9-12-18-14-11-8-7-10-13(14)15(16)17/h4-5,7-8,10-11H,2-3,6,9,12H2,1H3. The summed E-state index contributed by atoms with van der Waals surface area (Å²) in [7, 11) is 0. The zero-order chi connectivity index (χ0) is 13.2. The van der Waals surface area contributed by atoms with Gasteiger partial charge < -0.3 is 4.74 Å². The summed E-state index contributed by atoms with van der Waals surface area (Å²) in [5.74, 6) is 0.565. The van der Waals surface area contributed by atoms with Gasteiger partial charge in [0.15, 0.2) is 0 Å². The number of carbonyl (C=O) groups excluding carboxylic acids is 1. The first-order chi connectivity index (χ1) is 8.75. The van der Waals surface area contributed by atoms with Crippen molar-refractivity contribution in [2.45, 2.75) is 32.6 Å². The predicted octanol–water partition coefficient (Wildman–Crippen LogP) is 4.58. The van der Waals surface area contributed by atoms with E-state index in [9.17, 15) is 4.79 Å². The number of ether oxygens (including phenoxy) is 1. The van der Waals surface area contributed by atoms with Crippen LogP contribution in [0.25, 0.3) is 0 Å². The van der Waals surface area contributed by atoms with Crippen LogP contribution in [0.3, 0.4) is 0 Å². The SMILES string of the molecule is CCCC=CCCCOc1ccccc1C(=O)Cl. The van der Waals surface area contributed by atoms with E-state index < -0.39 is 5.24 Å². The van der Waals surface area contributed by atoms with E-state index in [-0.39, 0.29) is 0 Å². The summed E-state index contributed by atoms with van der Waals surface area (Å²) < 4.78 is 5.57. The number of unbranched alkanes of at least 4 members (excludes halogenated alkanes) is 2. The molecule has 2 nitrogen and oxygen atoms in total. The summed E-state index contributed by atoms with van der Waals surface area (Å²) in [6.45, 7) is 2.76. The Bertz CT molecular complexity index is 399. The lowest BCUT2D eigenvalue weighted by atomic mass is 10.2. The number of rotatable bonds is 8. The molecule has 0 aliphatic carbocycles. The number of hydrogen-bond donors (Lipinski definition) is 0. The highest BCUT2D eigenvalue weighted by molar-refractivity contribution is 6.68. The fourth-order valence-corrected chi connectivity index (χ4v) is 1.70. The lowest BCUT2D eigenvalue weighted by Gasteiger charge is -2.07. The van der Waals surface area contributed by atoms with Gasteiger partial charge in [-0.2, -0.15) is 0 Å². The molecule has 1 aromatic carbocycles. The largest absolute Gasteiger partial charge is 0.493 e. The molecule has 0 aromatic heterocycles. The van der Waals surface area contributed by atoms with E-state index in [1.165, 1.54) is 6.42 Å². The van der Waals surface area contributed by atoms with Crippen LogP contribution in [-0.2, 0) is 0 Å². The van der Waals surface area contributed by atoms with Crippen molar-refractivity contribution in [2.24, 2.45) is 0 Å². The molecular formula is C15H19ClO2. The van der Waals surface area contributed by atoms with Crippen molar-refractivity contribution < 1.29 is 9.53 Å². The number of para-hydroxylation sites is 1. The summed E-state index contributed by atoms with van der Waals surface area (Å²) in [6, 6.07) is 7.05. The van der Waals surface area contributed by atoms with Gasteiger partial charge in [0.1, 0.15) is 5.75 Å². The lowest BCUT2D eigenvalue weighted by molar-refractivity contribution is 0.107. The molecule has 0 N–H and O–H groups in total. The Morgan fingerprint density at radius 2 is 2.00 bits per heavy atom. The third kappa shape index (κ3) is 5.37. The number of hydrogen-bond acceptors (Lipinski definition) is 2. The molecule has 18 heavy (non-hydrogen) atoms. The van der Waals surface area contributed by atoms with Gasteiger partial charge in [-0.05, 0) is 43.0 Å². The van der Waals surface area contributed by atoms with Crippen LogP contribution in [0.1, 0.15) is 43.0 Å². The second-order valence-electron chi connectivity index (χ2n) is 4.02. The van der Waals surface area contributed by atoms with Gasteiger partial charge in [-0.15, -0.1) is 0 Å². The summed E-state index contributed by atoms with van der Waals surface area (Å²) >= 11 is 5.48. The van der Waals surface area contributed by atoms with Crippen LogP contribution in [0, 0.1) is 0 Å². The van der Waals surface area contributed by atoms with Gasteiger partial charge in [0.2, 0.25) is 0 Å². The van der Waals surface area contributed by atoms with Crippen molar-refractivity contribution in [2.75, 3.05) is 6.61 Å².